The van der Waals surface area contributed by atoms with E-state index in [2.05, 4.69) is 136 Å². The molecule has 1 aliphatic rings. The second kappa shape index (κ2) is 9.04. The van der Waals surface area contributed by atoms with Gasteiger partial charge in [0.1, 0.15) is 0 Å². The molecule has 0 saturated carbocycles. The van der Waals surface area contributed by atoms with Crippen LogP contribution in [0.2, 0.25) is 94.2 Å². The van der Waals surface area contributed by atoms with Gasteiger partial charge in [-0.1, -0.05) is 164 Å². The molecule has 1 aliphatic heterocycles. The van der Waals surface area contributed by atoms with Crippen molar-refractivity contribution in [3.8, 4) is 0 Å². The van der Waals surface area contributed by atoms with Crippen molar-refractivity contribution in [2.75, 3.05) is 0 Å². The van der Waals surface area contributed by atoms with E-state index in [0.29, 0.717) is 5.41 Å². The molecule has 2 aromatic rings. The van der Waals surface area contributed by atoms with Gasteiger partial charge < -0.3 is 0 Å². The average Bonchev–Trinajstić information content (AvgIpc) is 3.30. The predicted octanol–water partition coefficient (Wildman–Crippen LogP) is 8.59. The van der Waals surface area contributed by atoms with Crippen molar-refractivity contribution >= 4 is 69.3 Å². The molecule has 0 aliphatic carbocycles. The van der Waals surface area contributed by atoms with Gasteiger partial charge in [0.2, 0.25) is 0 Å². The molecule has 0 unspecified atom stereocenters. The van der Waals surface area contributed by atoms with E-state index in [1.165, 1.54) is 5.39 Å². The van der Waals surface area contributed by atoms with Crippen LogP contribution in [0.25, 0.3) is 10.8 Å². The molecule has 3 rings (SSSR count). The Hall–Kier alpha value is 0.00130. The van der Waals surface area contributed by atoms with E-state index in [1.54, 1.807) is 11.4 Å². The summed E-state index contributed by atoms with van der Waals surface area (Å²) in [7, 11) is -8.07. The highest BCUT2D eigenvalue weighted by atomic mass is 29.2. The molecule has 0 nitrogen and oxygen atoms in total. The lowest BCUT2D eigenvalue weighted by Crippen LogP contribution is -2.75. The summed E-state index contributed by atoms with van der Waals surface area (Å²) in [6.45, 7) is 41.1. The standard InChI is InChI=1S/C29H55Si6/c1-29(2,3)22-35(27(31(4,5)6)32(7,8)9,28(33(10,11)12)34(13,14)15)30-25-21-20-23-18-16-17-19-24(23)26(25)30/h16-21,27-28H,22H2,1-15H3/q-1. The second-order valence-corrected chi connectivity index (χ2v) is 51.6. The van der Waals surface area contributed by atoms with E-state index in [9.17, 15) is 0 Å². The molecule has 0 radical (unpaired) electrons. The van der Waals surface area contributed by atoms with Crippen molar-refractivity contribution in [3.05, 3.63) is 36.4 Å². The van der Waals surface area contributed by atoms with Crippen LogP contribution in [0.1, 0.15) is 20.8 Å². The molecule has 0 bridgehead atoms. The molecule has 0 saturated heterocycles. The van der Waals surface area contributed by atoms with E-state index < -0.39 is 48.2 Å². The van der Waals surface area contributed by atoms with Gasteiger partial charge in [0.25, 0.3) is 0 Å². The normalized spacial score (nSPS) is 15.9. The van der Waals surface area contributed by atoms with Gasteiger partial charge >= 0.3 is 0 Å². The van der Waals surface area contributed by atoms with E-state index in [-0.39, 0.29) is 0 Å². The Morgan fingerprint density at radius 2 is 1.06 bits per heavy atom. The van der Waals surface area contributed by atoms with Gasteiger partial charge in [-0.05, 0) is 10.8 Å². The van der Waals surface area contributed by atoms with Crippen molar-refractivity contribution in [2.45, 2.75) is 115 Å². The first-order valence-corrected chi connectivity index (χ1v) is 33.1. The van der Waals surface area contributed by atoms with Crippen LogP contribution in [0.4, 0.5) is 0 Å². The molecule has 6 heteroatoms. The Bertz CT molecular complexity index is 1010. The van der Waals surface area contributed by atoms with Crippen molar-refractivity contribution in [2.24, 2.45) is 5.41 Å². The van der Waals surface area contributed by atoms with Crippen LogP contribution in [-0.2, 0) is 0 Å². The molecule has 0 aromatic heterocycles. The maximum Gasteiger partial charge on any atom is 0.0397 e. The minimum atomic E-state index is -1.77. The molecule has 0 atom stereocenters. The Kier molecular flexibility index (Phi) is 7.63. The zero-order valence-corrected chi connectivity index (χ0v) is 31.8. The Labute approximate surface area is 225 Å². The zero-order chi connectivity index (χ0) is 27.0. The Morgan fingerprint density at radius 1 is 0.629 bits per heavy atom. The summed E-state index contributed by atoms with van der Waals surface area (Å²) in [6, 6.07) is 16.0. The third-order valence-electron chi connectivity index (χ3n) is 8.17. The highest BCUT2D eigenvalue weighted by Gasteiger charge is 2.61. The van der Waals surface area contributed by atoms with E-state index >= 15 is 0 Å². The topological polar surface area (TPSA) is 0 Å². The second-order valence-electron chi connectivity index (χ2n) is 17.2. The average molecular weight is 572 g/mol. The zero-order valence-electron chi connectivity index (χ0n) is 25.8. The van der Waals surface area contributed by atoms with Crippen molar-refractivity contribution < 1.29 is 0 Å². The SMILES string of the molecule is CC(C)(C)C[Si](C([Si](C)(C)C)[Si](C)(C)C)(C([Si](C)(C)C)[Si](C)(C)C)[Si-]1c2ccc3ccccc3c21. The van der Waals surface area contributed by atoms with Crippen molar-refractivity contribution in [1.29, 1.82) is 0 Å². The van der Waals surface area contributed by atoms with Crippen LogP contribution >= 0.6 is 0 Å². The maximum absolute atomic E-state index is 2.78. The van der Waals surface area contributed by atoms with Crippen molar-refractivity contribution in [3.63, 3.8) is 0 Å². The first kappa shape index (κ1) is 29.6. The fourth-order valence-electron chi connectivity index (χ4n) is 9.49. The van der Waals surface area contributed by atoms with Gasteiger partial charge in [-0.15, -0.1) is 0 Å². The minimum Gasteiger partial charge on any atom is -0.256 e. The molecular formula is C29H55Si6-. The Balaban J connectivity index is 2.51. The third kappa shape index (κ3) is 5.72. The van der Waals surface area contributed by atoms with Crippen LogP contribution < -0.4 is 10.4 Å². The molecule has 0 N–H and O–H groups in total. The lowest BCUT2D eigenvalue weighted by atomic mass is 10.0. The molecular weight excluding hydrogens is 517 g/mol. The first-order valence-electron chi connectivity index (χ1n) is 13.9. The number of benzene rings is 2. The largest absolute Gasteiger partial charge is 0.256 e. The smallest absolute Gasteiger partial charge is 0.0397 e. The first-order chi connectivity index (χ1) is 15.5. The predicted molar refractivity (Wildman–Crippen MR) is 180 cm³/mol. The van der Waals surface area contributed by atoms with Gasteiger partial charge in [-0.25, -0.2) is 10.4 Å². The molecule has 0 amide bonds. The van der Waals surface area contributed by atoms with Crippen LogP contribution in [0.3, 0.4) is 0 Å². The lowest BCUT2D eigenvalue weighted by Gasteiger charge is -2.68. The summed E-state index contributed by atoms with van der Waals surface area (Å²) < 4.78 is 0. The van der Waals surface area contributed by atoms with E-state index in [4.69, 9.17) is 0 Å². The number of hydrogen-bond donors (Lipinski definition) is 0. The Morgan fingerprint density at radius 3 is 1.46 bits per heavy atom. The maximum atomic E-state index is 2.78. The number of fused-ring (bicyclic) bond motifs is 3. The summed E-state index contributed by atoms with van der Waals surface area (Å²) in [5.41, 5.74) is 0.398. The van der Waals surface area contributed by atoms with Gasteiger partial charge in [0.05, 0.1) is 0 Å². The quantitative estimate of drug-likeness (QED) is 0.278. The molecule has 196 valence electrons. The molecule has 0 fully saturated rings. The summed E-state index contributed by atoms with van der Waals surface area (Å²) in [4.78, 5) is 2.15. The van der Waals surface area contributed by atoms with Crippen LogP contribution in [-0.4, -0.2) is 48.2 Å². The van der Waals surface area contributed by atoms with Crippen LogP contribution in [0, 0.1) is 5.41 Å². The molecule has 1 heterocycles. The molecule has 35 heavy (non-hydrogen) atoms. The van der Waals surface area contributed by atoms with Gasteiger partial charge in [0.15, 0.2) is 0 Å². The lowest BCUT2D eigenvalue weighted by molar-refractivity contribution is 0.461. The minimum absolute atomic E-state index is 0.398. The van der Waals surface area contributed by atoms with E-state index in [0.717, 1.165) is 9.58 Å². The van der Waals surface area contributed by atoms with Gasteiger partial charge in [-0.2, -0.15) is 0 Å². The summed E-state index contributed by atoms with van der Waals surface area (Å²) in [6.07, 6.45) is 0. The number of hydrogen-bond acceptors (Lipinski definition) is 0. The molecule has 2 aromatic carbocycles. The third-order valence-corrected chi connectivity index (χ3v) is 58.5. The van der Waals surface area contributed by atoms with Crippen molar-refractivity contribution in [1.82, 2.24) is 0 Å². The fourth-order valence-corrected chi connectivity index (χ4v) is 95.2. The molecule has 0 spiro atoms. The summed E-state index contributed by atoms with van der Waals surface area (Å²) in [5, 5.41) is 6.87. The van der Waals surface area contributed by atoms with Crippen LogP contribution in [0.5, 0.6) is 0 Å². The number of rotatable bonds is 8. The fraction of sp³-hybridized carbons (Fsp3) is 0.655. The van der Waals surface area contributed by atoms with Gasteiger partial charge in [-0.3, -0.25) is 8.31 Å². The summed E-state index contributed by atoms with van der Waals surface area (Å²) in [5.74, 6) is 0. The monoisotopic (exact) mass is 571 g/mol. The van der Waals surface area contributed by atoms with Crippen LogP contribution in [0.15, 0.2) is 36.4 Å². The van der Waals surface area contributed by atoms with Gasteiger partial charge in [0, 0.05) is 32.3 Å². The van der Waals surface area contributed by atoms with E-state index in [1.807, 2.05) is 10.4 Å². The highest BCUT2D eigenvalue weighted by molar-refractivity contribution is 7.58. The summed E-state index contributed by atoms with van der Waals surface area (Å²) >= 11 is 0. The highest BCUT2D eigenvalue weighted by Crippen LogP contribution is 2.57.